The topological polar surface area (TPSA) is 4.36 Å². The molecule has 1 nitrogen and oxygen atoms in total. The van der Waals surface area contributed by atoms with Gasteiger partial charge >= 0.3 is 0 Å². The molecule has 0 radical (unpaired) electrons. The van der Waals surface area contributed by atoms with Crippen LogP contribution >= 0.6 is 0 Å². The zero-order valence-electron chi connectivity index (χ0n) is 7.76. The highest BCUT2D eigenvalue weighted by atomic mass is 14.7. The average molecular weight is 159 g/mol. The standard InChI is InChI=1S/C11H13N/c1-8-6-5-7-11(9(8)2)10(3)12-4/h5-7,10H,1-3H3. The lowest BCUT2D eigenvalue weighted by molar-refractivity contribution is 0.941. The first kappa shape index (κ1) is 8.80. The molecule has 12 heavy (non-hydrogen) atoms. The van der Waals surface area contributed by atoms with Crippen LogP contribution in [0.15, 0.2) is 18.2 Å². The Bertz CT molecular complexity index is 320. The summed E-state index contributed by atoms with van der Waals surface area (Å²) in [4.78, 5) is 3.51. The first-order valence-corrected chi connectivity index (χ1v) is 4.09. The monoisotopic (exact) mass is 159 g/mol. The molecule has 0 amide bonds. The van der Waals surface area contributed by atoms with Crippen molar-refractivity contribution in [3.63, 3.8) is 0 Å². The molecule has 1 aromatic carbocycles. The SMILES string of the molecule is [C-]#[N+]C(C)c1cccc(C)c1C. The van der Waals surface area contributed by atoms with Gasteiger partial charge in [0.1, 0.15) is 0 Å². The number of hydrogen-bond donors (Lipinski definition) is 0. The van der Waals surface area contributed by atoms with E-state index in [1.54, 1.807) is 0 Å². The maximum Gasteiger partial charge on any atom is 0.246 e. The molecular formula is C11H13N. The van der Waals surface area contributed by atoms with E-state index < -0.39 is 0 Å². The number of aryl methyl sites for hydroxylation is 1. The summed E-state index contributed by atoms with van der Waals surface area (Å²) >= 11 is 0. The lowest BCUT2D eigenvalue weighted by Crippen LogP contribution is -1.93. The molecule has 0 saturated heterocycles. The maximum absolute atomic E-state index is 6.94. The van der Waals surface area contributed by atoms with E-state index in [0.29, 0.717) is 0 Å². The molecular weight excluding hydrogens is 146 g/mol. The Labute approximate surface area is 73.9 Å². The Hall–Kier alpha value is -1.29. The molecule has 0 heterocycles. The van der Waals surface area contributed by atoms with Crippen LogP contribution in [0.2, 0.25) is 0 Å². The van der Waals surface area contributed by atoms with Crippen molar-refractivity contribution >= 4 is 0 Å². The number of rotatable bonds is 1. The van der Waals surface area contributed by atoms with Crippen molar-refractivity contribution < 1.29 is 0 Å². The van der Waals surface area contributed by atoms with Gasteiger partial charge in [0.15, 0.2) is 0 Å². The molecule has 1 aromatic rings. The maximum atomic E-state index is 6.94. The van der Waals surface area contributed by atoms with Gasteiger partial charge < -0.3 is 4.85 Å². The lowest BCUT2D eigenvalue weighted by Gasteiger charge is -2.06. The van der Waals surface area contributed by atoms with Crippen molar-refractivity contribution in [1.82, 2.24) is 0 Å². The van der Waals surface area contributed by atoms with Crippen LogP contribution in [0.4, 0.5) is 0 Å². The fourth-order valence-electron chi connectivity index (χ4n) is 1.30. The van der Waals surface area contributed by atoms with Gasteiger partial charge in [-0.2, -0.15) is 0 Å². The highest BCUT2D eigenvalue weighted by Gasteiger charge is 2.11. The largest absolute Gasteiger partial charge is 0.309 e. The molecule has 0 aliphatic rings. The Morgan fingerprint density at radius 2 is 2.00 bits per heavy atom. The average Bonchev–Trinajstić information content (AvgIpc) is 2.08. The predicted octanol–water partition coefficient (Wildman–Crippen LogP) is 3.28. The second-order valence-corrected chi connectivity index (χ2v) is 3.09. The van der Waals surface area contributed by atoms with Crippen molar-refractivity contribution in [1.29, 1.82) is 0 Å². The minimum atomic E-state index is -0.00935. The normalized spacial score (nSPS) is 12.2. The molecule has 62 valence electrons. The smallest absolute Gasteiger partial charge is 0.246 e. The summed E-state index contributed by atoms with van der Waals surface area (Å²) in [5, 5.41) is 0. The summed E-state index contributed by atoms with van der Waals surface area (Å²) in [5.41, 5.74) is 3.68. The summed E-state index contributed by atoms with van der Waals surface area (Å²) in [6.45, 7) is 13.0. The minimum absolute atomic E-state index is 0.00935. The molecule has 0 fully saturated rings. The van der Waals surface area contributed by atoms with Gasteiger partial charge in [0.25, 0.3) is 0 Å². The molecule has 1 unspecified atom stereocenters. The van der Waals surface area contributed by atoms with E-state index in [1.807, 2.05) is 19.1 Å². The number of hydrogen-bond acceptors (Lipinski definition) is 0. The molecule has 0 N–H and O–H groups in total. The predicted molar refractivity (Wildman–Crippen MR) is 50.9 cm³/mol. The van der Waals surface area contributed by atoms with E-state index in [1.165, 1.54) is 11.1 Å². The van der Waals surface area contributed by atoms with E-state index in [-0.39, 0.29) is 6.04 Å². The fraction of sp³-hybridized carbons (Fsp3) is 0.364. The van der Waals surface area contributed by atoms with Gasteiger partial charge in [-0.3, -0.25) is 0 Å². The van der Waals surface area contributed by atoms with E-state index in [9.17, 15) is 0 Å². The third-order valence-corrected chi connectivity index (χ3v) is 2.29. The molecule has 0 aromatic heterocycles. The summed E-state index contributed by atoms with van der Waals surface area (Å²) in [6, 6.07) is 6.12. The Morgan fingerprint density at radius 1 is 1.33 bits per heavy atom. The first-order valence-electron chi connectivity index (χ1n) is 4.09. The van der Waals surface area contributed by atoms with Crippen molar-refractivity contribution in [2.24, 2.45) is 0 Å². The van der Waals surface area contributed by atoms with Crippen LogP contribution in [-0.2, 0) is 0 Å². The first-order chi connectivity index (χ1) is 5.66. The van der Waals surface area contributed by atoms with Crippen LogP contribution in [0.1, 0.15) is 29.7 Å². The molecule has 0 saturated carbocycles. The van der Waals surface area contributed by atoms with Gasteiger partial charge in [-0.25, -0.2) is 6.57 Å². The van der Waals surface area contributed by atoms with Gasteiger partial charge in [0.2, 0.25) is 6.04 Å². The Balaban J connectivity index is 3.18. The summed E-state index contributed by atoms with van der Waals surface area (Å²) < 4.78 is 0. The molecule has 0 spiro atoms. The van der Waals surface area contributed by atoms with Crippen LogP contribution in [0.5, 0.6) is 0 Å². The molecule has 0 bridgehead atoms. The highest BCUT2D eigenvalue weighted by molar-refractivity contribution is 5.36. The summed E-state index contributed by atoms with van der Waals surface area (Å²) in [5.74, 6) is 0. The summed E-state index contributed by atoms with van der Waals surface area (Å²) in [6.07, 6.45) is 0. The minimum Gasteiger partial charge on any atom is -0.309 e. The third kappa shape index (κ3) is 1.48. The van der Waals surface area contributed by atoms with Crippen molar-refractivity contribution in [3.8, 4) is 0 Å². The van der Waals surface area contributed by atoms with E-state index in [2.05, 4.69) is 24.8 Å². The van der Waals surface area contributed by atoms with Crippen LogP contribution in [0.3, 0.4) is 0 Å². The van der Waals surface area contributed by atoms with E-state index >= 15 is 0 Å². The second-order valence-electron chi connectivity index (χ2n) is 3.09. The van der Waals surface area contributed by atoms with Crippen molar-refractivity contribution in [2.45, 2.75) is 26.8 Å². The quantitative estimate of drug-likeness (QED) is 0.554. The van der Waals surface area contributed by atoms with Gasteiger partial charge in [-0.15, -0.1) is 0 Å². The van der Waals surface area contributed by atoms with Crippen LogP contribution < -0.4 is 0 Å². The number of benzene rings is 1. The van der Waals surface area contributed by atoms with Crippen LogP contribution in [0, 0.1) is 20.4 Å². The van der Waals surface area contributed by atoms with Crippen LogP contribution in [0.25, 0.3) is 4.85 Å². The fourth-order valence-corrected chi connectivity index (χ4v) is 1.30. The Morgan fingerprint density at radius 3 is 2.58 bits per heavy atom. The van der Waals surface area contributed by atoms with Gasteiger partial charge in [0, 0.05) is 12.5 Å². The zero-order chi connectivity index (χ0) is 9.14. The molecule has 1 rings (SSSR count). The lowest BCUT2D eigenvalue weighted by atomic mass is 9.99. The molecule has 1 atom stereocenters. The summed E-state index contributed by atoms with van der Waals surface area (Å²) in [7, 11) is 0. The van der Waals surface area contributed by atoms with Gasteiger partial charge in [-0.1, -0.05) is 18.2 Å². The Kier molecular flexibility index (Phi) is 2.50. The van der Waals surface area contributed by atoms with Crippen LogP contribution in [-0.4, -0.2) is 0 Å². The zero-order valence-corrected chi connectivity index (χ0v) is 7.76. The van der Waals surface area contributed by atoms with Crippen molar-refractivity contribution in [2.75, 3.05) is 0 Å². The van der Waals surface area contributed by atoms with Gasteiger partial charge in [0.05, 0.1) is 0 Å². The molecule has 1 heteroatoms. The molecule has 0 aliphatic heterocycles. The van der Waals surface area contributed by atoms with E-state index in [4.69, 9.17) is 6.57 Å². The second kappa shape index (κ2) is 3.40. The van der Waals surface area contributed by atoms with E-state index in [0.717, 1.165) is 5.56 Å². The number of nitrogens with zero attached hydrogens (tertiary/aromatic N) is 1. The van der Waals surface area contributed by atoms with Gasteiger partial charge in [-0.05, 0) is 25.0 Å². The van der Waals surface area contributed by atoms with Crippen molar-refractivity contribution in [3.05, 3.63) is 46.3 Å². The molecule has 0 aliphatic carbocycles. The highest BCUT2D eigenvalue weighted by Crippen LogP contribution is 2.22. The third-order valence-electron chi connectivity index (χ3n) is 2.29.